The van der Waals surface area contributed by atoms with Gasteiger partial charge in [-0.25, -0.2) is 4.39 Å². The van der Waals surface area contributed by atoms with Gasteiger partial charge in [-0.3, -0.25) is 0 Å². The fourth-order valence-electron chi connectivity index (χ4n) is 8.13. The number of hydrogen-bond acceptors (Lipinski definition) is 3. The van der Waals surface area contributed by atoms with Gasteiger partial charge in [-0.1, -0.05) is 61.8 Å². The fraction of sp³-hybridized carbons (Fsp3) is 0.500. The first-order chi connectivity index (χ1) is 16.2. The summed E-state index contributed by atoms with van der Waals surface area (Å²) in [5.74, 6) is 0.493. The molecule has 2 aromatic carbocycles. The largest absolute Gasteiger partial charge is 0.305 e. The minimum atomic E-state index is -0.333. The summed E-state index contributed by atoms with van der Waals surface area (Å²) in [4.78, 5) is 1.59. The molecule has 1 aromatic heterocycles. The second kappa shape index (κ2) is 7.89. The summed E-state index contributed by atoms with van der Waals surface area (Å²) in [5.41, 5.74) is 4.27. The number of aromatic nitrogens is 3. The van der Waals surface area contributed by atoms with E-state index in [-0.39, 0.29) is 17.9 Å². The van der Waals surface area contributed by atoms with E-state index in [4.69, 9.17) is 21.8 Å². The van der Waals surface area contributed by atoms with Crippen LogP contribution in [0, 0.1) is 22.6 Å². The summed E-state index contributed by atoms with van der Waals surface area (Å²) in [6, 6.07) is 14.9. The van der Waals surface area contributed by atoms with Crippen molar-refractivity contribution >= 4 is 11.6 Å². The van der Waals surface area contributed by atoms with Gasteiger partial charge in [-0.15, -0.1) is 0 Å². The van der Waals surface area contributed by atoms with E-state index in [1.54, 1.807) is 16.9 Å². The topological polar surface area (TPSA) is 42.7 Å². The maximum atomic E-state index is 14.4. The summed E-state index contributed by atoms with van der Waals surface area (Å²) in [6.45, 7) is 5.86. The van der Waals surface area contributed by atoms with Crippen molar-refractivity contribution in [3.05, 3.63) is 70.6 Å². The van der Waals surface area contributed by atoms with E-state index < -0.39 is 0 Å². The van der Waals surface area contributed by atoms with Crippen LogP contribution in [0.1, 0.15) is 63.6 Å². The highest BCUT2D eigenvalue weighted by Crippen LogP contribution is 2.66. The van der Waals surface area contributed by atoms with Crippen molar-refractivity contribution in [2.24, 2.45) is 16.7 Å². The molecule has 178 valence electrons. The van der Waals surface area contributed by atoms with Gasteiger partial charge in [-0.05, 0) is 67.4 Å². The zero-order chi connectivity index (χ0) is 23.6. The van der Waals surface area contributed by atoms with Gasteiger partial charge in [-0.2, -0.15) is 15.0 Å². The lowest BCUT2D eigenvalue weighted by molar-refractivity contribution is -0.118. The standard InChI is InChI=1S/C28H32ClFN4/c1-26-11-19-12-27(2,16-26)18-28(13-19,17-26)31-14-24-25(20-7-4-3-5-8-20)33-34(32-24)15-21-22(29)9-6-10-23(21)30/h3-10,19,31H,11-18H2,1-2H3/t19?,26-,27+,28?. The predicted molar refractivity (Wildman–Crippen MR) is 133 cm³/mol. The van der Waals surface area contributed by atoms with Crippen LogP contribution in [0.15, 0.2) is 48.5 Å². The molecule has 4 bridgehead atoms. The Morgan fingerprint density at radius 2 is 1.71 bits per heavy atom. The highest BCUT2D eigenvalue weighted by molar-refractivity contribution is 6.31. The van der Waals surface area contributed by atoms with Crippen molar-refractivity contribution in [2.45, 2.75) is 71.0 Å². The van der Waals surface area contributed by atoms with Crippen molar-refractivity contribution in [3.63, 3.8) is 0 Å². The minimum Gasteiger partial charge on any atom is -0.305 e. The van der Waals surface area contributed by atoms with Crippen molar-refractivity contribution < 1.29 is 4.39 Å². The highest BCUT2D eigenvalue weighted by atomic mass is 35.5. The molecule has 0 aliphatic heterocycles. The second-order valence-corrected chi connectivity index (χ2v) is 12.3. The SMILES string of the molecule is C[C@]12CC3CC(NCc4nn(Cc5c(F)cccc5Cl)nc4-c4ccccc4)(C1)C[C@@](C)(C3)C2. The average Bonchev–Trinajstić information content (AvgIpc) is 3.16. The van der Waals surface area contributed by atoms with Gasteiger partial charge in [0.2, 0.25) is 0 Å². The van der Waals surface area contributed by atoms with E-state index in [9.17, 15) is 4.39 Å². The first kappa shape index (κ1) is 22.2. The van der Waals surface area contributed by atoms with Crippen molar-refractivity contribution in [1.29, 1.82) is 0 Å². The maximum Gasteiger partial charge on any atom is 0.129 e. The summed E-state index contributed by atoms with van der Waals surface area (Å²) in [5, 5.41) is 14.0. The molecule has 3 aromatic rings. The number of halogens is 2. The number of hydrogen-bond donors (Lipinski definition) is 1. The van der Waals surface area contributed by atoms with Crippen LogP contribution in [-0.4, -0.2) is 20.5 Å². The Balaban J connectivity index is 1.30. The molecule has 4 saturated carbocycles. The Kier molecular flexibility index (Phi) is 5.16. The lowest BCUT2D eigenvalue weighted by Crippen LogP contribution is -2.63. The molecule has 4 nitrogen and oxygen atoms in total. The Labute approximate surface area is 205 Å². The predicted octanol–water partition coefficient (Wildman–Crippen LogP) is 6.62. The van der Waals surface area contributed by atoms with E-state index in [0.717, 1.165) is 22.9 Å². The van der Waals surface area contributed by atoms with Gasteiger partial charge in [0.05, 0.1) is 6.54 Å². The van der Waals surface area contributed by atoms with E-state index in [1.807, 2.05) is 18.2 Å². The number of rotatable bonds is 6. The molecule has 1 heterocycles. The lowest BCUT2D eigenvalue weighted by Gasteiger charge is -2.65. The van der Waals surface area contributed by atoms with Crippen LogP contribution in [0.5, 0.6) is 0 Å². The first-order valence-electron chi connectivity index (χ1n) is 12.4. The first-order valence-corrected chi connectivity index (χ1v) is 12.8. The minimum absolute atomic E-state index is 0.176. The van der Waals surface area contributed by atoms with Crippen LogP contribution in [0.25, 0.3) is 11.3 Å². The zero-order valence-corrected chi connectivity index (χ0v) is 20.7. The highest BCUT2D eigenvalue weighted by Gasteiger charge is 2.59. The van der Waals surface area contributed by atoms with Crippen LogP contribution in [0.2, 0.25) is 5.02 Å². The molecule has 6 heteroatoms. The summed E-state index contributed by atoms with van der Waals surface area (Å²) in [7, 11) is 0. The third-order valence-corrected chi connectivity index (χ3v) is 8.74. The Morgan fingerprint density at radius 1 is 0.971 bits per heavy atom. The van der Waals surface area contributed by atoms with Crippen LogP contribution in [0.4, 0.5) is 4.39 Å². The summed E-state index contributed by atoms with van der Waals surface area (Å²) in [6.07, 6.45) is 7.85. The number of benzene rings is 2. The molecule has 4 atom stereocenters. The van der Waals surface area contributed by atoms with Crippen LogP contribution >= 0.6 is 11.6 Å². The Morgan fingerprint density at radius 3 is 2.38 bits per heavy atom. The molecule has 0 saturated heterocycles. The maximum absolute atomic E-state index is 14.4. The lowest BCUT2D eigenvalue weighted by atomic mass is 9.43. The molecule has 34 heavy (non-hydrogen) atoms. The Hall–Kier alpha value is -2.24. The third kappa shape index (κ3) is 3.97. The molecule has 7 rings (SSSR count). The van der Waals surface area contributed by atoms with Gasteiger partial charge in [0.1, 0.15) is 17.2 Å². The summed E-state index contributed by atoms with van der Waals surface area (Å²) < 4.78 is 14.4. The molecule has 2 unspecified atom stereocenters. The van der Waals surface area contributed by atoms with Gasteiger partial charge < -0.3 is 5.32 Å². The smallest absolute Gasteiger partial charge is 0.129 e. The van der Waals surface area contributed by atoms with Crippen LogP contribution in [0.3, 0.4) is 0 Å². The molecule has 0 amide bonds. The molecule has 4 aliphatic carbocycles. The third-order valence-electron chi connectivity index (χ3n) is 8.39. The van der Waals surface area contributed by atoms with Crippen LogP contribution < -0.4 is 5.32 Å². The molecule has 4 aliphatic rings. The molecule has 1 N–H and O–H groups in total. The Bertz CT molecular complexity index is 1180. The van der Waals surface area contributed by atoms with Gasteiger partial charge >= 0.3 is 0 Å². The summed E-state index contributed by atoms with van der Waals surface area (Å²) >= 11 is 6.29. The molecular formula is C28H32ClFN4. The monoisotopic (exact) mass is 478 g/mol. The number of nitrogens with one attached hydrogen (secondary N) is 1. The van der Waals surface area contributed by atoms with Gasteiger partial charge in [0.15, 0.2) is 0 Å². The van der Waals surface area contributed by atoms with E-state index >= 15 is 0 Å². The fourth-order valence-corrected chi connectivity index (χ4v) is 8.36. The molecule has 0 radical (unpaired) electrons. The second-order valence-electron chi connectivity index (χ2n) is 11.9. The van der Waals surface area contributed by atoms with Gasteiger partial charge in [0, 0.05) is 28.2 Å². The zero-order valence-electron chi connectivity index (χ0n) is 20.0. The van der Waals surface area contributed by atoms with Crippen molar-refractivity contribution in [2.75, 3.05) is 0 Å². The van der Waals surface area contributed by atoms with Crippen molar-refractivity contribution in [1.82, 2.24) is 20.3 Å². The average molecular weight is 479 g/mol. The van der Waals surface area contributed by atoms with Gasteiger partial charge in [0.25, 0.3) is 0 Å². The quantitative estimate of drug-likeness (QED) is 0.432. The molecule has 0 spiro atoms. The van der Waals surface area contributed by atoms with E-state index in [2.05, 4.69) is 31.3 Å². The molecule has 4 fully saturated rings. The molecular weight excluding hydrogens is 447 g/mol. The number of nitrogens with zero attached hydrogens (tertiary/aromatic N) is 3. The van der Waals surface area contributed by atoms with E-state index in [0.29, 0.717) is 28.0 Å². The normalized spacial score (nSPS) is 31.8. The van der Waals surface area contributed by atoms with Crippen LogP contribution in [-0.2, 0) is 13.1 Å². The van der Waals surface area contributed by atoms with E-state index in [1.165, 1.54) is 44.6 Å². The van der Waals surface area contributed by atoms with Crippen molar-refractivity contribution in [3.8, 4) is 11.3 Å².